The number of allylic oxidation sites excluding steroid dienone is 1. The van der Waals surface area contributed by atoms with Gasteiger partial charge in [0.2, 0.25) is 0 Å². The van der Waals surface area contributed by atoms with Crippen LogP contribution in [0.25, 0.3) is 0 Å². The second-order valence-electron chi connectivity index (χ2n) is 8.47. The molecule has 0 atom stereocenters. The van der Waals surface area contributed by atoms with Crippen molar-refractivity contribution >= 4 is 7.26 Å². The van der Waals surface area contributed by atoms with Crippen LogP contribution in [-0.4, -0.2) is 24.6 Å². The lowest BCUT2D eigenvalue weighted by atomic mass is 10.0. The second kappa shape index (κ2) is 19.9. The minimum atomic E-state index is -0.664. The van der Waals surface area contributed by atoms with E-state index in [9.17, 15) is 0 Å². The highest BCUT2D eigenvalue weighted by Crippen LogP contribution is 2.58. The van der Waals surface area contributed by atoms with Crippen LogP contribution in [0.5, 0.6) is 0 Å². The van der Waals surface area contributed by atoms with Crippen molar-refractivity contribution < 1.29 is 0 Å². The van der Waals surface area contributed by atoms with Gasteiger partial charge in [-0.15, -0.1) is 0 Å². The summed E-state index contributed by atoms with van der Waals surface area (Å²) in [5.74, 6) is 0. The van der Waals surface area contributed by atoms with Crippen molar-refractivity contribution in [1.29, 1.82) is 0 Å². The normalized spacial score (nSPS) is 11.8. The summed E-state index contributed by atoms with van der Waals surface area (Å²) < 4.78 is 0. The Kier molecular flexibility index (Phi) is 20.0. The van der Waals surface area contributed by atoms with Crippen molar-refractivity contribution in [2.75, 3.05) is 24.6 Å². The van der Waals surface area contributed by atoms with Crippen molar-refractivity contribution in [1.82, 2.24) is 0 Å². The monoisotopic (exact) mass is 383 g/mol. The Hall–Kier alpha value is 0.170. The molecule has 0 nitrogen and oxygen atoms in total. The van der Waals surface area contributed by atoms with Crippen LogP contribution in [0.3, 0.4) is 0 Å². The van der Waals surface area contributed by atoms with E-state index in [1.807, 2.05) is 0 Å². The maximum Gasteiger partial charge on any atom is 0.0770 e. The van der Waals surface area contributed by atoms with Crippen LogP contribution in [0.4, 0.5) is 0 Å². The molecule has 0 aliphatic heterocycles. The summed E-state index contributed by atoms with van der Waals surface area (Å²) in [7, 11) is -0.664. The molecule has 156 valence electrons. The molecule has 0 aliphatic carbocycles. The Labute approximate surface area is 168 Å². The van der Waals surface area contributed by atoms with Crippen molar-refractivity contribution in [3.63, 3.8) is 0 Å². The first-order valence-corrected chi connectivity index (χ1v) is 14.7. The number of unbranched alkanes of at least 4 members (excludes halogenated alkanes) is 15. The van der Waals surface area contributed by atoms with E-state index in [0.717, 1.165) is 0 Å². The largest absolute Gasteiger partial charge is 0.0995 e. The van der Waals surface area contributed by atoms with E-state index >= 15 is 0 Å². The summed E-state index contributed by atoms with van der Waals surface area (Å²) in [6.45, 7) is 11.1. The van der Waals surface area contributed by atoms with E-state index in [2.05, 4.69) is 33.4 Å². The van der Waals surface area contributed by atoms with Gasteiger partial charge in [0.25, 0.3) is 0 Å². The molecular weight excluding hydrogens is 331 g/mol. The third-order valence-electron chi connectivity index (χ3n) is 6.34. The second-order valence-corrected chi connectivity index (χ2v) is 13.2. The molecule has 0 rings (SSSR count). The van der Waals surface area contributed by atoms with Gasteiger partial charge < -0.3 is 0 Å². The Morgan fingerprint density at radius 2 is 0.885 bits per heavy atom. The van der Waals surface area contributed by atoms with Gasteiger partial charge in [-0.3, -0.25) is 0 Å². The molecular formula is C25H52P+. The fourth-order valence-electron chi connectivity index (χ4n) is 4.16. The Balaban J connectivity index is 3.30. The number of rotatable bonds is 21. The van der Waals surface area contributed by atoms with Gasteiger partial charge in [0.1, 0.15) is 0 Å². The first-order chi connectivity index (χ1) is 12.7. The van der Waals surface area contributed by atoms with E-state index in [-0.39, 0.29) is 0 Å². The topological polar surface area (TPSA) is 0 Å². The molecule has 0 fully saturated rings. The molecule has 0 unspecified atom stereocenters. The van der Waals surface area contributed by atoms with E-state index in [1.165, 1.54) is 127 Å². The summed E-state index contributed by atoms with van der Waals surface area (Å²) in [6.07, 6.45) is 31.4. The van der Waals surface area contributed by atoms with Gasteiger partial charge in [-0.25, -0.2) is 0 Å². The standard InChI is InChI=1S/C25H52P/c1-5-9-10-11-12-13-14-15-16-17-18-19-20-21-22-23-25-26(7-3,8-4)24-6-2/h6H,2,5,7-25H2,1,3-4H3/q+1. The van der Waals surface area contributed by atoms with Gasteiger partial charge in [0.15, 0.2) is 0 Å². The third kappa shape index (κ3) is 15.2. The van der Waals surface area contributed by atoms with Gasteiger partial charge in [-0.2, -0.15) is 0 Å². The molecule has 0 aromatic carbocycles. The van der Waals surface area contributed by atoms with Gasteiger partial charge in [-0.05, 0) is 26.7 Å². The first-order valence-electron chi connectivity index (χ1n) is 12.2. The van der Waals surface area contributed by atoms with E-state index in [4.69, 9.17) is 0 Å². The smallest absolute Gasteiger partial charge is 0.0770 e. The summed E-state index contributed by atoms with van der Waals surface area (Å²) in [6, 6.07) is 0. The fraction of sp³-hybridized carbons (Fsp3) is 0.920. The third-order valence-corrected chi connectivity index (χ3v) is 11.3. The zero-order valence-corrected chi connectivity index (χ0v) is 19.8. The Morgan fingerprint density at radius 3 is 1.19 bits per heavy atom. The van der Waals surface area contributed by atoms with Crippen LogP contribution >= 0.6 is 7.26 Å². The van der Waals surface area contributed by atoms with Gasteiger partial charge in [0.05, 0.1) is 24.6 Å². The van der Waals surface area contributed by atoms with E-state index in [1.54, 1.807) is 0 Å². The summed E-state index contributed by atoms with van der Waals surface area (Å²) in [5.41, 5.74) is 0. The van der Waals surface area contributed by atoms with Crippen LogP contribution in [0.1, 0.15) is 124 Å². The highest BCUT2D eigenvalue weighted by molar-refractivity contribution is 7.76. The zero-order valence-electron chi connectivity index (χ0n) is 18.9. The van der Waals surface area contributed by atoms with Crippen molar-refractivity contribution in [2.24, 2.45) is 0 Å². The molecule has 26 heavy (non-hydrogen) atoms. The molecule has 0 amide bonds. The van der Waals surface area contributed by atoms with Crippen LogP contribution in [0.2, 0.25) is 0 Å². The number of hydrogen-bond acceptors (Lipinski definition) is 0. The zero-order chi connectivity index (χ0) is 19.3. The Bertz CT molecular complexity index is 280. The summed E-state index contributed by atoms with van der Waals surface area (Å²) >= 11 is 0. The molecule has 0 saturated heterocycles. The van der Waals surface area contributed by atoms with Gasteiger partial charge in [0, 0.05) is 7.26 Å². The molecule has 1 heteroatoms. The summed E-state index contributed by atoms with van der Waals surface area (Å²) in [5, 5.41) is 0. The molecule has 0 heterocycles. The van der Waals surface area contributed by atoms with Crippen LogP contribution in [0, 0.1) is 0 Å². The lowest BCUT2D eigenvalue weighted by Crippen LogP contribution is -2.07. The molecule has 0 aromatic rings. The predicted molar refractivity (Wildman–Crippen MR) is 127 cm³/mol. The molecule has 0 aliphatic rings. The SMILES string of the molecule is C=CC[P+](CC)(CC)CCCCCCCCCCCCCCCCCC. The molecule has 0 N–H and O–H groups in total. The average Bonchev–Trinajstić information content (AvgIpc) is 2.66. The van der Waals surface area contributed by atoms with Crippen molar-refractivity contribution in [3.05, 3.63) is 12.7 Å². The van der Waals surface area contributed by atoms with E-state index < -0.39 is 7.26 Å². The highest BCUT2D eigenvalue weighted by Gasteiger charge is 2.30. The molecule has 0 saturated carbocycles. The summed E-state index contributed by atoms with van der Waals surface area (Å²) in [4.78, 5) is 0. The van der Waals surface area contributed by atoms with Gasteiger partial charge >= 0.3 is 0 Å². The lowest BCUT2D eigenvalue weighted by molar-refractivity contribution is 0.531. The van der Waals surface area contributed by atoms with E-state index in [0.29, 0.717) is 0 Å². The first kappa shape index (κ1) is 26.2. The molecule has 0 radical (unpaired) electrons. The highest BCUT2D eigenvalue weighted by atomic mass is 31.2. The van der Waals surface area contributed by atoms with Crippen LogP contribution in [0.15, 0.2) is 12.7 Å². The minimum absolute atomic E-state index is 0.664. The van der Waals surface area contributed by atoms with Crippen molar-refractivity contribution in [3.8, 4) is 0 Å². The van der Waals surface area contributed by atoms with Crippen LogP contribution < -0.4 is 0 Å². The quantitative estimate of drug-likeness (QED) is 0.105. The number of hydrogen-bond donors (Lipinski definition) is 0. The van der Waals surface area contributed by atoms with Crippen LogP contribution in [-0.2, 0) is 0 Å². The molecule has 0 aromatic heterocycles. The molecule has 0 bridgehead atoms. The fourth-order valence-corrected chi connectivity index (χ4v) is 7.38. The van der Waals surface area contributed by atoms with Gasteiger partial charge in [-0.1, -0.05) is 109 Å². The average molecular weight is 384 g/mol. The molecule has 0 spiro atoms. The maximum absolute atomic E-state index is 3.99. The minimum Gasteiger partial charge on any atom is -0.0995 e. The maximum atomic E-state index is 3.99. The van der Waals surface area contributed by atoms with Crippen molar-refractivity contribution in [2.45, 2.75) is 124 Å². The lowest BCUT2D eigenvalue weighted by Gasteiger charge is -2.23. The predicted octanol–water partition coefficient (Wildman–Crippen LogP) is 9.49. The Morgan fingerprint density at radius 1 is 0.538 bits per heavy atom.